The summed E-state index contributed by atoms with van der Waals surface area (Å²) in [5, 5.41) is 31.2. The highest BCUT2D eigenvalue weighted by molar-refractivity contribution is 5.82. The van der Waals surface area contributed by atoms with E-state index in [4.69, 9.17) is 0 Å². The minimum Gasteiger partial charge on any atom is -0.619 e. The van der Waals surface area contributed by atoms with Crippen molar-refractivity contribution in [2.45, 2.75) is 34.3 Å². The van der Waals surface area contributed by atoms with Crippen LogP contribution in [-0.4, -0.2) is 32.7 Å². The van der Waals surface area contributed by atoms with Crippen LogP contribution in [0.4, 0.5) is 11.4 Å². The van der Waals surface area contributed by atoms with E-state index in [0.717, 1.165) is 6.20 Å². The summed E-state index contributed by atoms with van der Waals surface area (Å²) in [5.41, 5.74) is 0.547. The molecular formula is C18H20N4O10. The lowest BCUT2D eigenvalue weighted by molar-refractivity contribution is -0.613. The normalized spacial score (nSPS) is 9.12. The molecule has 2 rings (SSSR count). The van der Waals surface area contributed by atoms with E-state index >= 15 is 0 Å². The van der Waals surface area contributed by atoms with E-state index < -0.39 is 27.8 Å². The number of aryl methyl sites for hydroxylation is 1. The molecule has 2 heterocycles. The third kappa shape index (κ3) is 12.2. The van der Waals surface area contributed by atoms with Gasteiger partial charge in [-0.15, -0.1) is 0 Å². The molecule has 0 spiro atoms. The van der Waals surface area contributed by atoms with Gasteiger partial charge in [0.2, 0.25) is 0 Å². The van der Waals surface area contributed by atoms with Gasteiger partial charge in [-0.05, 0) is 0 Å². The largest absolute Gasteiger partial charge is 0.619 e. The van der Waals surface area contributed by atoms with Crippen LogP contribution in [0.2, 0.25) is 0 Å². The molecule has 0 atom stereocenters. The molecule has 0 N–H and O–H groups in total. The topological polar surface area (TPSA) is 196 Å². The molecule has 0 saturated heterocycles. The Morgan fingerprint density at radius 3 is 1.91 bits per heavy atom. The molecule has 0 aliphatic heterocycles. The maximum atomic E-state index is 10.7. The number of ether oxygens (including phenoxy) is 2. The van der Waals surface area contributed by atoms with Gasteiger partial charge < -0.3 is 14.7 Å². The van der Waals surface area contributed by atoms with E-state index in [2.05, 4.69) is 14.5 Å². The molecule has 32 heavy (non-hydrogen) atoms. The van der Waals surface area contributed by atoms with Crippen LogP contribution < -0.4 is 4.73 Å². The van der Waals surface area contributed by atoms with Gasteiger partial charge in [-0.25, -0.2) is 0 Å². The van der Waals surface area contributed by atoms with Gasteiger partial charge in [-0.1, -0.05) is 0 Å². The highest BCUT2D eigenvalue weighted by atomic mass is 16.6. The fourth-order valence-corrected chi connectivity index (χ4v) is 1.74. The van der Waals surface area contributed by atoms with Gasteiger partial charge in [0.05, 0.1) is 27.7 Å². The average Bonchev–Trinajstić information content (AvgIpc) is 2.68. The zero-order valence-corrected chi connectivity index (χ0v) is 17.5. The van der Waals surface area contributed by atoms with Gasteiger partial charge in [0.15, 0.2) is 11.9 Å². The van der Waals surface area contributed by atoms with Crippen molar-refractivity contribution in [1.82, 2.24) is 4.98 Å². The van der Waals surface area contributed by atoms with Crippen LogP contribution in [0.5, 0.6) is 0 Å². The number of hydrogen-bond donors (Lipinski definition) is 0. The summed E-state index contributed by atoms with van der Waals surface area (Å²) in [6, 6.07) is 4.94. The van der Waals surface area contributed by atoms with Crippen molar-refractivity contribution in [2.24, 2.45) is 0 Å². The van der Waals surface area contributed by atoms with Crippen LogP contribution in [0.3, 0.4) is 0 Å². The quantitative estimate of drug-likeness (QED) is 0.163. The molecular weight excluding hydrogens is 432 g/mol. The van der Waals surface area contributed by atoms with Crippen molar-refractivity contribution >= 4 is 29.3 Å². The van der Waals surface area contributed by atoms with Crippen LogP contribution in [0.1, 0.15) is 32.2 Å². The molecule has 0 fully saturated rings. The molecule has 0 amide bonds. The predicted octanol–water partition coefficient (Wildman–Crippen LogP) is 1.69. The van der Waals surface area contributed by atoms with Gasteiger partial charge in [0, 0.05) is 46.0 Å². The van der Waals surface area contributed by atoms with Crippen molar-refractivity contribution in [2.75, 3.05) is 0 Å². The molecule has 0 radical (unpaired) electrons. The van der Waals surface area contributed by atoms with E-state index in [9.17, 15) is 39.8 Å². The Balaban J connectivity index is 0.000000478. The number of nitrogens with zero attached hydrogens (tertiary/aromatic N) is 4. The number of carbonyl (C=O) groups is 3. The molecule has 0 aromatic carbocycles. The summed E-state index contributed by atoms with van der Waals surface area (Å²) in [6.45, 7) is 5.09. The molecule has 0 saturated carbocycles. The van der Waals surface area contributed by atoms with Crippen LogP contribution >= 0.6 is 0 Å². The fraction of sp³-hybridized carbons (Fsp3) is 0.278. The molecule has 172 valence electrons. The summed E-state index contributed by atoms with van der Waals surface area (Å²) in [4.78, 5) is 53.3. The smallest absolute Gasteiger partial charge is 0.310 e. The molecule has 14 nitrogen and oxygen atoms in total. The first-order chi connectivity index (χ1) is 14.8. The second-order valence-electron chi connectivity index (χ2n) is 5.74. The zero-order valence-electron chi connectivity index (χ0n) is 17.5. The van der Waals surface area contributed by atoms with Gasteiger partial charge in [0.25, 0.3) is 11.4 Å². The molecule has 0 aliphatic carbocycles. The van der Waals surface area contributed by atoms with Gasteiger partial charge in [0.1, 0.15) is 6.61 Å². The lowest BCUT2D eigenvalue weighted by atomic mass is 10.3. The van der Waals surface area contributed by atoms with E-state index in [0.29, 0.717) is 16.1 Å². The first kappa shape index (κ1) is 27.5. The Kier molecular flexibility index (Phi) is 11.8. The first-order valence-electron chi connectivity index (χ1n) is 8.59. The summed E-state index contributed by atoms with van der Waals surface area (Å²) in [7, 11) is 0. The standard InChI is InChI=1S/C8H8N2O4.C6H6N2O3.C4H6O3/c1-6(11)14-5-7-4-8(10(12)13)2-3-9-7;1-5-4-6(8(10)11)2-3-7(5)9;1-3(5)7-4(2)6/h2-4H,5H2,1H3;2-4H,1H3;1-2H3. The van der Waals surface area contributed by atoms with Gasteiger partial charge in [-0.2, -0.15) is 4.73 Å². The van der Waals surface area contributed by atoms with E-state index in [1.54, 1.807) is 0 Å². The number of carbonyl (C=O) groups excluding carboxylic acids is 3. The summed E-state index contributed by atoms with van der Waals surface area (Å²) < 4.78 is 9.19. The Labute approximate surface area is 181 Å². The Bertz CT molecular complexity index is 981. The predicted molar refractivity (Wildman–Crippen MR) is 106 cm³/mol. The maximum Gasteiger partial charge on any atom is 0.310 e. The molecule has 0 aliphatic rings. The van der Waals surface area contributed by atoms with Crippen molar-refractivity contribution in [3.8, 4) is 0 Å². The number of esters is 3. The second-order valence-corrected chi connectivity index (χ2v) is 5.74. The second kappa shape index (κ2) is 13.7. The van der Waals surface area contributed by atoms with E-state index in [-0.39, 0.29) is 18.0 Å². The highest BCUT2D eigenvalue weighted by Gasteiger charge is 2.09. The lowest BCUT2D eigenvalue weighted by Gasteiger charge is -2.00. The fourth-order valence-electron chi connectivity index (χ4n) is 1.74. The van der Waals surface area contributed by atoms with Gasteiger partial charge in [-0.3, -0.25) is 39.6 Å². The Morgan fingerprint density at radius 1 is 0.969 bits per heavy atom. The van der Waals surface area contributed by atoms with Crippen LogP contribution in [0, 0.1) is 32.4 Å². The molecule has 2 aromatic heterocycles. The Morgan fingerprint density at radius 2 is 1.50 bits per heavy atom. The number of aromatic nitrogens is 2. The maximum absolute atomic E-state index is 10.7. The Hall–Kier alpha value is -4.49. The third-order valence-electron chi connectivity index (χ3n) is 3.02. The number of nitro groups is 2. The van der Waals surface area contributed by atoms with E-state index in [1.165, 1.54) is 58.2 Å². The van der Waals surface area contributed by atoms with Crippen molar-refractivity contribution in [3.05, 3.63) is 73.5 Å². The summed E-state index contributed by atoms with van der Waals surface area (Å²) in [5.74, 6) is -1.57. The minimum atomic E-state index is -0.562. The van der Waals surface area contributed by atoms with Crippen LogP contribution in [0.25, 0.3) is 0 Å². The molecule has 0 unspecified atom stereocenters. The van der Waals surface area contributed by atoms with Crippen molar-refractivity contribution in [3.63, 3.8) is 0 Å². The molecule has 0 bridgehead atoms. The van der Waals surface area contributed by atoms with Crippen molar-refractivity contribution < 1.29 is 38.4 Å². The van der Waals surface area contributed by atoms with E-state index in [1.807, 2.05) is 0 Å². The minimum absolute atomic E-state index is 0.0446. The van der Waals surface area contributed by atoms with Crippen LogP contribution in [0.15, 0.2) is 36.7 Å². The molecule has 2 aromatic rings. The lowest BCUT2D eigenvalue weighted by Crippen LogP contribution is -2.28. The first-order valence-corrected chi connectivity index (χ1v) is 8.59. The van der Waals surface area contributed by atoms with Crippen LogP contribution in [-0.2, 0) is 30.5 Å². The summed E-state index contributed by atoms with van der Waals surface area (Å²) >= 11 is 0. The number of pyridine rings is 2. The average molecular weight is 452 g/mol. The van der Waals surface area contributed by atoms with Gasteiger partial charge >= 0.3 is 17.9 Å². The number of hydrogen-bond acceptors (Lipinski definition) is 11. The molecule has 14 heteroatoms. The zero-order chi connectivity index (χ0) is 24.8. The van der Waals surface area contributed by atoms with Crippen molar-refractivity contribution in [1.29, 1.82) is 0 Å². The SMILES string of the molecule is CC(=O)OC(C)=O.CC(=O)OCc1cc([N+](=O)[O-])ccn1.Cc1cc([N+](=O)[O-])cc[n+]1[O-]. The third-order valence-corrected chi connectivity index (χ3v) is 3.02. The highest BCUT2D eigenvalue weighted by Crippen LogP contribution is 2.11. The summed E-state index contributed by atoms with van der Waals surface area (Å²) in [6.07, 6.45) is 2.42. The number of rotatable bonds is 4. The monoisotopic (exact) mass is 452 g/mol.